The third-order valence-corrected chi connectivity index (χ3v) is 10.4. The van der Waals surface area contributed by atoms with Gasteiger partial charge in [-0.25, -0.2) is 18.2 Å². The molecular weight excluding hydrogens is 609 g/mol. The summed E-state index contributed by atoms with van der Waals surface area (Å²) in [6.45, 7) is 3.58. The van der Waals surface area contributed by atoms with Crippen molar-refractivity contribution in [3.63, 3.8) is 0 Å². The normalized spacial score (nSPS) is 24.5. The summed E-state index contributed by atoms with van der Waals surface area (Å²) in [5, 5.41) is 11.8. The number of alkyl halides is 1. The smallest absolute Gasteiger partial charge is 0.319 e. The lowest BCUT2D eigenvalue weighted by Gasteiger charge is -2.36. The van der Waals surface area contributed by atoms with Gasteiger partial charge in [-0.05, 0) is 55.8 Å². The van der Waals surface area contributed by atoms with Gasteiger partial charge in [0.15, 0.2) is 5.82 Å². The first-order valence-corrected chi connectivity index (χ1v) is 16.2. The maximum atomic E-state index is 17.2. The first-order chi connectivity index (χ1) is 22.8. The molecule has 3 fully saturated rings. The number of hydrogen-bond donors (Lipinski definition) is 1. The lowest BCUT2D eigenvalue weighted by atomic mass is 9.95. The van der Waals surface area contributed by atoms with Crippen molar-refractivity contribution in [1.29, 1.82) is 0 Å². The number of anilines is 2. The predicted molar refractivity (Wildman–Crippen MR) is 173 cm³/mol. The first-order valence-electron chi connectivity index (χ1n) is 16.2. The maximum absolute atomic E-state index is 17.2. The molecule has 47 heavy (non-hydrogen) atoms. The molecule has 4 aliphatic rings. The second kappa shape index (κ2) is 11.4. The lowest BCUT2D eigenvalue weighted by Crippen LogP contribution is -2.44. The van der Waals surface area contributed by atoms with E-state index in [0.29, 0.717) is 61.7 Å². The van der Waals surface area contributed by atoms with Crippen LogP contribution in [0.25, 0.3) is 32.9 Å². The first kappa shape index (κ1) is 30.0. The number of nitrogens with zero attached hydrogens (tertiary/aromatic N) is 6. The van der Waals surface area contributed by atoms with Crippen molar-refractivity contribution >= 4 is 33.3 Å². The van der Waals surface area contributed by atoms with Crippen LogP contribution in [0.3, 0.4) is 0 Å². The Labute approximate surface area is 270 Å². The molecule has 2 aromatic carbocycles. The molecule has 3 atom stereocenters. The minimum atomic E-state index is -0.929. The Morgan fingerprint density at radius 3 is 2.81 bits per heavy atom. The van der Waals surface area contributed by atoms with Crippen molar-refractivity contribution in [3.05, 3.63) is 41.5 Å². The van der Waals surface area contributed by atoms with Crippen LogP contribution in [0.15, 0.2) is 24.3 Å². The fourth-order valence-electron chi connectivity index (χ4n) is 8.09. The summed E-state index contributed by atoms with van der Waals surface area (Å²) < 4.78 is 58.9. The number of phenolic OH excluding ortho intramolecular Hbond substituents is 1. The Morgan fingerprint density at radius 2 is 1.96 bits per heavy atom. The van der Waals surface area contributed by atoms with Gasteiger partial charge in [0, 0.05) is 56.7 Å². The molecule has 3 saturated heterocycles. The van der Waals surface area contributed by atoms with E-state index >= 15 is 8.78 Å². The number of fused-ring (bicyclic) bond motifs is 4. The van der Waals surface area contributed by atoms with E-state index in [1.54, 1.807) is 0 Å². The summed E-state index contributed by atoms with van der Waals surface area (Å²) >= 11 is 0. The van der Waals surface area contributed by atoms with Gasteiger partial charge in [0.25, 0.3) is 0 Å². The molecule has 9 nitrogen and oxygen atoms in total. The van der Waals surface area contributed by atoms with E-state index in [0.717, 1.165) is 32.2 Å². The number of ether oxygens (including phenoxy) is 2. The fraction of sp³-hybridized carbons (Fsp3) is 0.457. The van der Waals surface area contributed by atoms with Crippen LogP contribution in [0.4, 0.5) is 24.8 Å². The Balaban J connectivity index is 1.36. The highest BCUT2D eigenvalue weighted by molar-refractivity contribution is 6.06. The van der Waals surface area contributed by atoms with Gasteiger partial charge in [-0.2, -0.15) is 9.97 Å². The Hall–Kier alpha value is -4.34. The van der Waals surface area contributed by atoms with Gasteiger partial charge in [-0.3, -0.25) is 4.90 Å². The Kier molecular flexibility index (Phi) is 7.29. The molecule has 0 saturated carbocycles. The predicted octanol–water partition coefficient (Wildman–Crippen LogP) is 5.20. The summed E-state index contributed by atoms with van der Waals surface area (Å²) in [6.07, 6.45) is 8.48. The number of rotatable bonds is 4. The number of phenols is 1. The van der Waals surface area contributed by atoms with Gasteiger partial charge in [-0.1, -0.05) is 12.0 Å². The molecule has 4 aromatic rings. The molecule has 0 unspecified atom stereocenters. The number of aromatic hydroxyl groups is 1. The van der Waals surface area contributed by atoms with E-state index in [9.17, 15) is 9.50 Å². The largest absolute Gasteiger partial charge is 0.508 e. The second-order valence-electron chi connectivity index (χ2n) is 13.1. The molecule has 0 bridgehead atoms. The summed E-state index contributed by atoms with van der Waals surface area (Å²) in [5.41, 5.74) is -0.522. The van der Waals surface area contributed by atoms with Crippen molar-refractivity contribution in [2.24, 2.45) is 0 Å². The van der Waals surface area contributed by atoms with Crippen LogP contribution >= 0.6 is 0 Å². The number of terminal acetylenes is 1. The van der Waals surface area contributed by atoms with Gasteiger partial charge in [0.1, 0.15) is 47.2 Å². The Morgan fingerprint density at radius 1 is 1.09 bits per heavy atom. The lowest BCUT2D eigenvalue weighted by molar-refractivity contribution is 0.107. The van der Waals surface area contributed by atoms with Crippen molar-refractivity contribution in [2.45, 2.75) is 49.9 Å². The van der Waals surface area contributed by atoms with Crippen LogP contribution in [0, 0.1) is 24.0 Å². The zero-order chi connectivity index (χ0) is 32.4. The highest BCUT2D eigenvalue weighted by Crippen LogP contribution is 2.44. The topological polar surface area (TPSA) is 87.1 Å². The highest BCUT2D eigenvalue weighted by Gasteiger charge is 2.49. The molecule has 0 amide bonds. The summed E-state index contributed by atoms with van der Waals surface area (Å²) in [7, 11) is 1.88. The van der Waals surface area contributed by atoms with Gasteiger partial charge in [-0.15, -0.1) is 6.42 Å². The number of hydrogen-bond acceptors (Lipinski definition) is 9. The molecule has 4 aliphatic heterocycles. The minimum Gasteiger partial charge on any atom is -0.508 e. The number of benzene rings is 2. The average molecular weight is 645 g/mol. The second-order valence-corrected chi connectivity index (χ2v) is 13.1. The van der Waals surface area contributed by atoms with E-state index in [4.69, 9.17) is 25.9 Å². The van der Waals surface area contributed by atoms with Crippen LogP contribution in [0.1, 0.15) is 37.7 Å². The molecule has 12 heteroatoms. The van der Waals surface area contributed by atoms with Crippen LogP contribution in [-0.4, -0.2) is 95.8 Å². The molecule has 244 valence electrons. The van der Waals surface area contributed by atoms with E-state index in [1.807, 2.05) is 11.9 Å². The SMILES string of the molecule is C#Cc1c(F)ccc2cc(O)cc(-c3nc4c5c(nc(OC[C@@]67CCCN6C[C@H](F)C7)nc5c3F)N3CCOCC[C@H]3CCN4C)c12. The zero-order valence-electron chi connectivity index (χ0n) is 26.1. The quantitative estimate of drug-likeness (QED) is 0.302. The van der Waals surface area contributed by atoms with Gasteiger partial charge >= 0.3 is 6.01 Å². The van der Waals surface area contributed by atoms with Crippen molar-refractivity contribution in [2.75, 3.05) is 62.8 Å². The standard InChI is InChI=1S/C35H35F3N6O3/c1-3-24-26(37)6-5-20-15-23(45)16-25(27(20)24)30-29(38)31-28-32(39-30)42(2)11-7-22-8-13-46-14-12-44(22)33(28)41-34(40-31)47-19-35-9-4-10-43(35)18-21(36)17-35/h1,5-6,15-16,21-22,45H,4,7-14,17-19H2,2H3/t21-,22-,35+/m1/s1. The molecule has 8 rings (SSSR count). The number of halogens is 3. The van der Waals surface area contributed by atoms with E-state index in [1.165, 1.54) is 24.3 Å². The third kappa shape index (κ3) is 4.90. The van der Waals surface area contributed by atoms with Crippen LogP contribution in [0.2, 0.25) is 0 Å². The maximum Gasteiger partial charge on any atom is 0.319 e. The molecule has 0 radical (unpaired) electrons. The van der Waals surface area contributed by atoms with Crippen LogP contribution in [-0.2, 0) is 4.74 Å². The van der Waals surface area contributed by atoms with E-state index < -0.39 is 23.3 Å². The minimum absolute atomic E-state index is 0.0127. The number of aromatic nitrogens is 3. The summed E-state index contributed by atoms with van der Waals surface area (Å²) in [5.74, 6) is 1.76. The average Bonchev–Trinajstić information content (AvgIpc) is 3.47. The summed E-state index contributed by atoms with van der Waals surface area (Å²) in [6, 6.07) is 5.57. The van der Waals surface area contributed by atoms with Crippen LogP contribution < -0.4 is 14.5 Å². The van der Waals surface area contributed by atoms with Crippen LogP contribution in [0.5, 0.6) is 11.8 Å². The van der Waals surface area contributed by atoms with Crippen molar-refractivity contribution in [1.82, 2.24) is 19.9 Å². The third-order valence-electron chi connectivity index (χ3n) is 10.4. The van der Waals surface area contributed by atoms with E-state index in [2.05, 4.69) is 20.7 Å². The van der Waals surface area contributed by atoms with Gasteiger partial charge < -0.3 is 24.4 Å². The molecule has 0 aliphatic carbocycles. The van der Waals surface area contributed by atoms with E-state index in [-0.39, 0.29) is 52.1 Å². The molecule has 2 aromatic heterocycles. The van der Waals surface area contributed by atoms with Gasteiger partial charge in [0.2, 0.25) is 0 Å². The zero-order valence-corrected chi connectivity index (χ0v) is 26.1. The molecular formula is C35H35F3N6O3. The van der Waals surface area contributed by atoms with Crippen molar-refractivity contribution in [3.8, 4) is 35.4 Å². The van der Waals surface area contributed by atoms with Crippen molar-refractivity contribution < 1.29 is 27.8 Å². The molecule has 0 spiro atoms. The monoisotopic (exact) mass is 644 g/mol. The molecule has 6 heterocycles. The fourth-order valence-corrected chi connectivity index (χ4v) is 8.09. The Bertz CT molecular complexity index is 1950. The number of pyridine rings is 1. The molecule has 1 N–H and O–H groups in total. The summed E-state index contributed by atoms with van der Waals surface area (Å²) in [4.78, 5) is 20.7. The highest BCUT2D eigenvalue weighted by atomic mass is 19.1. The van der Waals surface area contributed by atoms with Gasteiger partial charge in [0.05, 0.1) is 23.1 Å².